The molecule has 1 heteroatoms. The first-order valence-electron chi connectivity index (χ1n) is 12.8. The quantitative estimate of drug-likeness (QED) is 0.533. The lowest BCUT2D eigenvalue weighted by Gasteiger charge is -2.65. The Morgan fingerprint density at radius 2 is 1.67 bits per heavy atom. The van der Waals surface area contributed by atoms with Gasteiger partial charge in [0.2, 0.25) is 0 Å². The highest BCUT2D eigenvalue weighted by molar-refractivity contribution is 5.48. The Bertz CT molecular complexity index is 798. The number of rotatable bonds is 3. The maximum absolute atomic E-state index is 4.56. The molecule has 0 aromatic heterocycles. The van der Waals surface area contributed by atoms with Crippen molar-refractivity contribution in [3.63, 3.8) is 0 Å². The van der Waals surface area contributed by atoms with E-state index < -0.39 is 0 Å². The topological polar surface area (TPSA) is 12.0 Å². The Hall–Kier alpha value is -1.24. The summed E-state index contributed by atoms with van der Waals surface area (Å²) in [4.78, 5) is 0. The van der Waals surface area contributed by atoms with Crippen molar-refractivity contribution in [1.29, 1.82) is 0 Å². The van der Waals surface area contributed by atoms with Gasteiger partial charge in [0.15, 0.2) is 0 Å². The van der Waals surface area contributed by atoms with Gasteiger partial charge in [0, 0.05) is 17.3 Å². The lowest BCUT2D eigenvalue weighted by atomic mass is 9.40. The van der Waals surface area contributed by atoms with E-state index in [1.54, 1.807) is 0 Å². The van der Waals surface area contributed by atoms with Crippen molar-refractivity contribution in [3.05, 3.63) is 42.6 Å². The third-order valence-electron chi connectivity index (χ3n) is 11.1. The summed E-state index contributed by atoms with van der Waals surface area (Å²) in [6.45, 7) is 15.1. The van der Waals surface area contributed by atoms with E-state index in [1.807, 2.05) is 0 Å². The molecule has 1 aromatic carbocycles. The molecule has 5 rings (SSSR count). The first kappa shape index (κ1) is 20.7. The Labute approximate surface area is 185 Å². The average molecular weight is 406 g/mol. The first-order chi connectivity index (χ1) is 14.3. The molecule has 4 aliphatic rings. The third-order valence-corrected chi connectivity index (χ3v) is 11.1. The second-order valence-electron chi connectivity index (χ2n) is 12.4. The van der Waals surface area contributed by atoms with Crippen LogP contribution in [0.3, 0.4) is 0 Å². The minimum Gasteiger partial charge on any atom is -0.359 e. The summed E-state index contributed by atoms with van der Waals surface area (Å²) in [6, 6.07) is 10.7. The van der Waals surface area contributed by atoms with Gasteiger partial charge in [-0.1, -0.05) is 58.9 Å². The molecule has 0 spiro atoms. The molecular weight excluding hydrogens is 362 g/mol. The van der Waals surface area contributed by atoms with Gasteiger partial charge < -0.3 is 5.32 Å². The third kappa shape index (κ3) is 2.94. The smallest absolute Gasteiger partial charge is 0.0381 e. The van der Waals surface area contributed by atoms with Gasteiger partial charge in [-0.15, -0.1) is 0 Å². The standard InChI is InChI=1S/C29H43N/c1-20-13-18-29(5)26-15-17-28(4)24(21(2)30-22-9-7-6-8-10-22)11-12-25(28)23(26)14-16-27(29,3)19-20/h6-10,20,23-26,30H,2,11-19H2,1,3-5H3. The first-order valence-corrected chi connectivity index (χ1v) is 12.8. The van der Waals surface area contributed by atoms with Gasteiger partial charge in [-0.3, -0.25) is 0 Å². The van der Waals surface area contributed by atoms with Crippen LogP contribution < -0.4 is 5.32 Å². The Morgan fingerprint density at radius 1 is 0.900 bits per heavy atom. The van der Waals surface area contributed by atoms with Gasteiger partial charge in [-0.25, -0.2) is 0 Å². The van der Waals surface area contributed by atoms with Crippen LogP contribution in [0.15, 0.2) is 42.6 Å². The van der Waals surface area contributed by atoms with Gasteiger partial charge in [0.1, 0.15) is 0 Å². The Balaban J connectivity index is 1.37. The summed E-state index contributed by atoms with van der Waals surface area (Å²) in [6.07, 6.45) is 12.9. The van der Waals surface area contributed by atoms with E-state index in [0.29, 0.717) is 22.2 Å². The Morgan fingerprint density at radius 3 is 2.43 bits per heavy atom. The van der Waals surface area contributed by atoms with Crippen LogP contribution in [0.25, 0.3) is 0 Å². The second kappa shape index (κ2) is 7.14. The summed E-state index contributed by atoms with van der Waals surface area (Å²) in [5.74, 6) is 4.35. The number of allylic oxidation sites excluding steroid dienone is 1. The maximum atomic E-state index is 4.56. The van der Waals surface area contributed by atoms with Crippen LogP contribution in [0.4, 0.5) is 5.69 Å². The van der Waals surface area contributed by atoms with Crippen LogP contribution in [0.1, 0.15) is 85.5 Å². The van der Waals surface area contributed by atoms with E-state index in [2.05, 4.69) is 69.9 Å². The highest BCUT2D eigenvalue weighted by Gasteiger charge is 2.63. The minimum atomic E-state index is 0.437. The monoisotopic (exact) mass is 405 g/mol. The van der Waals surface area contributed by atoms with E-state index in [-0.39, 0.29) is 0 Å². The average Bonchev–Trinajstić information content (AvgIpc) is 3.07. The number of hydrogen-bond acceptors (Lipinski definition) is 1. The van der Waals surface area contributed by atoms with E-state index in [0.717, 1.165) is 23.7 Å². The van der Waals surface area contributed by atoms with Gasteiger partial charge in [0.25, 0.3) is 0 Å². The number of benzene rings is 1. The highest BCUT2D eigenvalue weighted by Crippen LogP contribution is 2.71. The fourth-order valence-corrected chi connectivity index (χ4v) is 9.31. The molecule has 30 heavy (non-hydrogen) atoms. The van der Waals surface area contributed by atoms with Crippen LogP contribution >= 0.6 is 0 Å². The molecule has 4 aliphatic carbocycles. The molecule has 0 bridgehead atoms. The normalized spacial score (nSPS) is 47.7. The predicted molar refractivity (Wildman–Crippen MR) is 128 cm³/mol. The lowest BCUT2D eigenvalue weighted by Crippen LogP contribution is -2.57. The highest BCUT2D eigenvalue weighted by atomic mass is 14.9. The molecule has 8 atom stereocenters. The molecule has 1 N–H and O–H groups in total. The molecule has 0 heterocycles. The number of para-hydroxylation sites is 1. The van der Waals surface area contributed by atoms with Crippen LogP contribution in [-0.2, 0) is 0 Å². The molecule has 4 fully saturated rings. The van der Waals surface area contributed by atoms with Crippen molar-refractivity contribution in [2.75, 3.05) is 5.32 Å². The van der Waals surface area contributed by atoms with Crippen molar-refractivity contribution in [1.82, 2.24) is 0 Å². The zero-order valence-electron chi connectivity index (χ0n) is 19.8. The van der Waals surface area contributed by atoms with Gasteiger partial charge in [-0.05, 0) is 103 Å². The molecule has 8 unspecified atom stereocenters. The van der Waals surface area contributed by atoms with Crippen molar-refractivity contribution < 1.29 is 0 Å². The van der Waals surface area contributed by atoms with E-state index in [1.165, 1.54) is 69.2 Å². The molecule has 164 valence electrons. The predicted octanol–water partition coefficient (Wildman–Crippen LogP) is 8.30. The van der Waals surface area contributed by atoms with Crippen LogP contribution in [0.2, 0.25) is 0 Å². The zero-order valence-corrected chi connectivity index (χ0v) is 19.8. The second-order valence-corrected chi connectivity index (χ2v) is 12.4. The maximum Gasteiger partial charge on any atom is 0.0381 e. The SMILES string of the molecule is C=C(Nc1ccccc1)C1CCC2C3CCC4(C)CC(C)CCC4(C)C3CCC12C. The van der Waals surface area contributed by atoms with E-state index >= 15 is 0 Å². The van der Waals surface area contributed by atoms with E-state index in [4.69, 9.17) is 0 Å². The van der Waals surface area contributed by atoms with Crippen molar-refractivity contribution in [2.24, 2.45) is 45.8 Å². The van der Waals surface area contributed by atoms with Crippen molar-refractivity contribution >= 4 is 5.69 Å². The van der Waals surface area contributed by atoms with Crippen LogP contribution in [0.5, 0.6) is 0 Å². The summed E-state index contributed by atoms with van der Waals surface area (Å²) < 4.78 is 0. The summed E-state index contributed by atoms with van der Waals surface area (Å²) >= 11 is 0. The summed E-state index contributed by atoms with van der Waals surface area (Å²) in [5.41, 5.74) is 4.05. The van der Waals surface area contributed by atoms with Crippen LogP contribution in [0, 0.1) is 45.8 Å². The van der Waals surface area contributed by atoms with Gasteiger partial charge in [-0.2, -0.15) is 0 Å². The molecule has 0 amide bonds. The number of fused-ring (bicyclic) bond motifs is 5. The molecular formula is C29H43N. The number of anilines is 1. The molecule has 0 radical (unpaired) electrons. The number of hydrogen-bond donors (Lipinski definition) is 1. The van der Waals surface area contributed by atoms with Crippen molar-refractivity contribution in [2.45, 2.75) is 85.5 Å². The van der Waals surface area contributed by atoms with Crippen LogP contribution in [-0.4, -0.2) is 0 Å². The Kier molecular flexibility index (Phi) is 4.92. The molecule has 0 aliphatic heterocycles. The minimum absolute atomic E-state index is 0.437. The molecule has 4 saturated carbocycles. The lowest BCUT2D eigenvalue weighted by molar-refractivity contribution is -0.158. The molecule has 1 aromatic rings. The fourth-order valence-electron chi connectivity index (χ4n) is 9.31. The van der Waals surface area contributed by atoms with Crippen molar-refractivity contribution in [3.8, 4) is 0 Å². The summed E-state index contributed by atoms with van der Waals surface area (Å²) in [7, 11) is 0. The van der Waals surface area contributed by atoms with Gasteiger partial charge in [0.05, 0.1) is 0 Å². The zero-order chi connectivity index (χ0) is 21.1. The fraction of sp³-hybridized carbons (Fsp3) is 0.724. The largest absolute Gasteiger partial charge is 0.359 e. The van der Waals surface area contributed by atoms with Gasteiger partial charge >= 0.3 is 0 Å². The number of nitrogens with one attached hydrogen (secondary N) is 1. The summed E-state index contributed by atoms with van der Waals surface area (Å²) in [5, 5.41) is 3.68. The van der Waals surface area contributed by atoms with E-state index in [9.17, 15) is 0 Å². The molecule has 0 saturated heterocycles. The molecule has 1 nitrogen and oxygen atoms in total.